The first-order valence-corrected chi connectivity index (χ1v) is 6.06. The van der Waals surface area contributed by atoms with Gasteiger partial charge in [0.25, 0.3) is 0 Å². The van der Waals surface area contributed by atoms with E-state index in [9.17, 15) is 0 Å². The highest BCUT2D eigenvalue weighted by Gasteiger charge is 2.30. The minimum absolute atomic E-state index is 0.267. The van der Waals surface area contributed by atoms with Gasteiger partial charge in [-0.15, -0.1) is 0 Å². The van der Waals surface area contributed by atoms with E-state index in [1.165, 1.54) is 0 Å². The fraction of sp³-hybridized carbons (Fsp3) is 0.417. The van der Waals surface area contributed by atoms with Gasteiger partial charge in [-0.25, -0.2) is 4.98 Å². The molecule has 0 radical (unpaired) electrons. The molecular weight excluding hydrogens is 238 g/mol. The molecule has 3 rings (SSSR count). The standard InChI is InChI=1S/C12H14ClN3O/c1-14-10-6-17-5-7(10)12-15-9-4-2-3-8(13)11(9)16-12/h2-4,7,10,14H,5-6H2,1H3,(H,15,16). The number of ether oxygens (including phenoxy) is 1. The molecule has 0 saturated carbocycles. The Morgan fingerprint density at radius 1 is 1.47 bits per heavy atom. The molecule has 1 aliphatic heterocycles. The van der Waals surface area contributed by atoms with Crippen LogP contribution in [0.3, 0.4) is 0 Å². The van der Waals surface area contributed by atoms with Gasteiger partial charge in [0.2, 0.25) is 0 Å². The maximum atomic E-state index is 6.12. The van der Waals surface area contributed by atoms with E-state index in [4.69, 9.17) is 16.3 Å². The number of fused-ring (bicyclic) bond motifs is 1. The van der Waals surface area contributed by atoms with Crippen molar-refractivity contribution < 1.29 is 4.74 Å². The minimum Gasteiger partial charge on any atom is -0.379 e. The third kappa shape index (κ3) is 1.82. The van der Waals surface area contributed by atoms with Crippen LogP contribution in [0.15, 0.2) is 18.2 Å². The number of imidazole rings is 1. The first-order chi connectivity index (χ1) is 8.29. The summed E-state index contributed by atoms with van der Waals surface area (Å²) in [5.41, 5.74) is 1.82. The number of rotatable bonds is 2. The molecule has 2 heterocycles. The number of nitrogens with zero attached hydrogens (tertiary/aromatic N) is 1. The predicted molar refractivity (Wildman–Crippen MR) is 67.5 cm³/mol. The van der Waals surface area contributed by atoms with Crippen molar-refractivity contribution in [2.75, 3.05) is 20.3 Å². The van der Waals surface area contributed by atoms with Crippen molar-refractivity contribution in [2.24, 2.45) is 0 Å². The van der Waals surface area contributed by atoms with Crippen LogP contribution in [0.2, 0.25) is 5.02 Å². The van der Waals surface area contributed by atoms with Crippen LogP contribution < -0.4 is 5.32 Å². The Kier molecular flexibility index (Phi) is 2.78. The molecule has 0 aliphatic carbocycles. The fourth-order valence-electron chi connectivity index (χ4n) is 2.30. The van der Waals surface area contributed by atoms with Crippen LogP contribution in [-0.2, 0) is 4.74 Å². The Labute approximate surface area is 104 Å². The highest BCUT2D eigenvalue weighted by atomic mass is 35.5. The molecule has 17 heavy (non-hydrogen) atoms. The van der Waals surface area contributed by atoms with E-state index in [0.717, 1.165) is 23.5 Å². The summed E-state index contributed by atoms with van der Waals surface area (Å²) in [5, 5.41) is 3.94. The molecule has 1 aromatic heterocycles. The number of hydrogen-bond acceptors (Lipinski definition) is 3. The van der Waals surface area contributed by atoms with Crippen molar-refractivity contribution in [3.05, 3.63) is 29.0 Å². The highest BCUT2D eigenvalue weighted by molar-refractivity contribution is 6.34. The molecule has 0 amide bonds. The lowest BCUT2D eigenvalue weighted by Crippen LogP contribution is -2.31. The van der Waals surface area contributed by atoms with Crippen molar-refractivity contribution >= 4 is 22.6 Å². The van der Waals surface area contributed by atoms with E-state index < -0.39 is 0 Å². The van der Waals surface area contributed by atoms with Gasteiger partial charge in [-0.2, -0.15) is 0 Å². The number of aromatic amines is 1. The van der Waals surface area contributed by atoms with Gasteiger partial charge in [-0.1, -0.05) is 17.7 Å². The maximum Gasteiger partial charge on any atom is 0.114 e. The Morgan fingerprint density at radius 3 is 3.12 bits per heavy atom. The molecule has 2 aromatic rings. The number of para-hydroxylation sites is 1. The SMILES string of the molecule is CNC1COCC1c1nc2c(Cl)cccc2[nH]1. The van der Waals surface area contributed by atoms with Gasteiger partial charge in [0.15, 0.2) is 0 Å². The molecule has 1 saturated heterocycles. The number of benzene rings is 1. The van der Waals surface area contributed by atoms with E-state index in [1.54, 1.807) is 0 Å². The van der Waals surface area contributed by atoms with Gasteiger partial charge >= 0.3 is 0 Å². The molecular formula is C12H14ClN3O. The fourth-order valence-corrected chi connectivity index (χ4v) is 2.52. The van der Waals surface area contributed by atoms with Crippen LogP contribution in [0.1, 0.15) is 11.7 Å². The predicted octanol–water partition coefficient (Wildman–Crippen LogP) is 1.92. The number of nitrogens with one attached hydrogen (secondary N) is 2. The monoisotopic (exact) mass is 251 g/mol. The summed E-state index contributed by atoms with van der Waals surface area (Å²) in [5.74, 6) is 1.22. The Bertz CT molecular complexity index is 540. The van der Waals surface area contributed by atoms with E-state index in [1.807, 2.05) is 25.2 Å². The first-order valence-electron chi connectivity index (χ1n) is 5.68. The Balaban J connectivity index is 2.03. The van der Waals surface area contributed by atoms with Gasteiger partial charge < -0.3 is 15.0 Å². The van der Waals surface area contributed by atoms with E-state index >= 15 is 0 Å². The molecule has 0 bridgehead atoms. The zero-order chi connectivity index (χ0) is 11.8. The summed E-state index contributed by atoms with van der Waals surface area (Å²) in [6, 6.07) is 6.08. The summed E-state index contributed by atoms with van der Waals surface area (Å²) < 4.78 is 5.49. The van der Waals surface area contributed by atoms with Crippen LogP contribution in [0, 0.1) is 0 Å². The smallest absolute Gasteiger partial charge is 0.114 e. The summed E-state index contributed by atoms with van der Waals surface area (Å²) in [7, 11) is 1.95. The van der Waals surface area contributed by atoms with E-state index in [2.05, 4.69) is 15.3 Å². The average molecular weight is 252 g/mol. The van der Waals surface area contributed by atoms with Gasteiger partial charge in [-0.05, 0) is 19.2 Å². The first kappa shape index (κ1) is 11.0. The molecule has 90 valence electrons. The van der Waals surface area contributed by atoms with E-state index in [0.29, 0.717) is 17.7 Å². The van der Waals surface area contributed by atoms with Crippen LogP contribution in [0.25, 0.3) is 11.0 Å². The van der Waals surface area contributed by atoms with E-state index in [-0.39, 0.29) is 5.92 Å². The van der Waals surface area contributed by atoms with Crippen molar-refractivity contribution in [1.82, 2.24) is 15.3 Å². The van der Waals surface area contributed by atoms with Crippen molar-refractivity contribution in [1.29, 1.82) is 0 Å². The molecule has 2 unspecified atom stereocenters. The zero-order valence-electron chi connectivity index (χ0n) is 9.53. The maximum absolute atomic E-state index is 6.12. The average Bonchev–Trinajstić information content (AvgIpc) is 2.94. The molecule has 1 aromatic carbocycles. The molecule has 2 N–H and O–H groups in total. The largest absolute Gasteiger partial charge is 0.379 e. The number of H-pyrrole nitrogens is 1. The molecule has 0 spiro atoms. The number of halogens is 1. The summed E-state index contributed by atoms with van der Waals surface area (Å²) in [6.45, 7) is 1.43. The molecule has 5 heteroatoms. The van der Waals surface area contributed by atoms with Crippen LogP contribution in [-0.4, -0.2) is 36.3 Å². The third-order valence-electron chi connectivity index (χ3n) is 3.28. The highest BCUT2D eigenvalue weighted by Crippen LogP contribution is 2.28. The van der Waals surface area contributed by atoms with Gasteiger partial charge in [-0.3, -0.25) is 0 Å². The molecule has 4 nitrogen and oxygen atoms in total. The molecule has 1 aliphatic rings. The van der Waals surface area contributed by atoms with Crippen molar-refractivity contribution in [3.63, 3.8) is 0 Å². The van der Waals surface area contributed by atoms with Crippen molar-refractivity contribution in [2.45, 2.75) is 12.0 Å². The second-order valence-corrected chi connectivity index (χ2v) is 4.70. The number of hydrogen-bond donors (Lipinski definition) is 2. The number of aromatic nitrogens is 2. The molecule has 1 fully saturated rings. The van der Waals surface area contributed by atoms with Gasteiger partial charge in [0.1, 0.15) is 11.3 Å². The second kappa shape index (κ2) is 4.29. The lowest BCUT2D eigenvalue weighted by molar-refractivity contribution is 0.188. The summed E-state index contributed by atoms with van der Waals surface area (Å²) in [6.07, 6.45) is 0. The van der Waals surface area contributed by atoms with Gasteiger partial charge in [0.05, 0.1) is 29.7 Å². The van der Waals surface area contributed by atoms with Crippen LogP contribution in [0.4, 0.5) is 0 Å². The van der Waals surface area contributed by atoms with Crippen molar-refractivity contribution in [3.8, 4) is 0 Å². The quantitative estimate of drug-likeness (QED) is 0.857. The van der Waals surface area contributed by atoms with Crippen LogP contribution in [0.5, 0.6) is 0 Å². The molecule has 2 atom stereocenters. The summed E-state index contributed by atoms with van der Waals surface area (Å²) >= 11 is 6.12. The Hall–Kier alpha value is -1.10. The zero-order valence-corrected chi connectivity index (χ0v) is 10.3. The lowest BCUT2D eigenvalue weighted by Gasteiger charge is -2.13. The minimum atomic E-state index is 0.267. The summed E-state index contributed by atoms with van der Waals surface area (Å²) in [4.78, 5) is 7.91. The lowest BCUT2D eigenvalue weighted by atomic mass is 10.0. The Morgan fingerprint density at radius 2 is 2.35 bits per heavy atom. The van der Waals surface area contributed by atoms with Crippen LogP contribution >= 0.6 is 11.6 Å². The second-order valence-electron chi connectivity index (χ2n) is 4.30. The normalized spacial score (nSPS) is 24.6. The third-order valence-corrected chi connectivity index (χ3v) is 3.59. The van der Waals surface area contributed by atoms with Gasteiger partial charge in [0, 0.05) is 6.04 Å². The number of likely N-dealkylation sites (N-methyl/N-ethyl adjacent to an activating group) is 1. The topological polar surface area (TPSA) is 49.9 Å².